The Morgan fingerprint density at radius 1 is 1.29 bits per heavy atom. The molecule has 136 valence electrons. The molecule has 0 bridgehead atoms. The van der Waals surface area contributed by atoms with Crippen molar-refractivity contribution in [2.75, 3.05) is 27.2 Å². The Kier molecular flexibility index (Phi) is 10.2. The molecule has 0 saturated heterocycles. The minimum absolute atomic E-state index is 0. The van der Waals surface area contributed by atoms with Gasteiger partial charge < -0.3 is 15.0 Å². The molecular weight excluding hydrogens is 420 g/mol. The van der Waals surface area contributed by atoms with Crippen LogP contribution in [0, 0.1) is 5.82 Å². The molecule has 0 aliphatic heterocycles. The lowest BCUT2D eigenvalue weighted by molar-refractivity contribution is 0.0573. The van der Waals surface area contributed by atoms with Crippen molar-refractivity contribution in [3.05, 3.63) is 35.6 Å². The number of hydrogen-bond donors (Lipinski definition) is 1. The van der Waals surface area contributed by atoms with Crippen molar-refractivity contribution in [1.82, 2.24) is 10.2 Å². The monoisotopic (exact) mass is 449 g/mol. The van der Waals surface area contributed by atoms with Crippen molar-refractivity contribution < 1.29 is 9.13 Å². The summed E-state index contributed by atoms with van der Waals surface area (Å²) in [6.45, 7) is 2.34. The van der Waals surface area contributed by atoms with Gasteiger partial charge in [0.15, 0.2) is 5.96 Å². The van der Waals surface area contributed by atoms with E-state index in [9.17, 15) is 4.39 Å². The van der Waals surface area contributed by atoms with E-state index in [-0.39, 0.29) is 29.8 Å². The predicted molar refractivity (Wildman–Crippen MR) is 107 cm³/mol. The Hall–Kier alpha value is -0.890. The predicted octanol–water partition coefficient (Wildman–Crippen LogP) is 3.80. The van der Waals surface area contributed by atoms with Crippen LogP contribution in [0.1, 0.15) is 37.7 Å². The smallest absolute Gasteiger partial charge is 0.193 e. The highest BCUT2D eigenvalue weighted by Crippen LogP contribution is 2.20. The lowest BCUT2D eigenvalue weighted by Crippen LogP contribution is -2.39. The normalized spacial score (nSPS) is 15.2. The maximum absolute atomic E-state index is 12.9. The van der Waals surface area contributed by atoms with E-state index in [1.54, 1.807) is 19.2 Å². The van der Waals surface area contributed by atoms with Crippen LogP contribution < -0.4 is 5.32 Å². The van der Waals surface area contributed by atoms with E-state index in [4.69, 9.17) is 4.74 Å². The van der Waals surface area contributed by atoms with Gasteiger partial charge in [0.05, 0.1) is 6.10 Å². The molecule has 1 aliphatic rings. The zero-order valence-electron chi connectivity index (χ0n) is 14.6. The summed E-state index contributed by atoms with van der Waals surface area (Å²) in [5, 5.41) is 3.35. The summed E-state index contributed by atoms with van der Waals surface area (Å²) in [6.07, 6.45) is 6.51. The summed E-state index contributed by atoms with van der Waals surface area (Å²) in [6, 6.07) is 6.57. The van der Waals surface area contributed by atoms with E-state index >= 15 is 0 Å². The summed E-state index contributed by atoms with van der Waals surface area (Å²) in [7, 11) is 3.76. The molecule has 1 N–H and O–H groups in total. The molecule has 0 unspecified atom stereocenters. The standard InChI is InChI=1S/C18H28FN3O.HI/c1-20-18(21-12-5-13-23-17-6-3-4-7-17)22(2)14-15-8-10-16(19)11-9-15;/h8-11,17H,3-7,12-14H2,1-2H3,(H,20,21);1H. The van der Waals surface area contributed by atoms with Crippen LogP contribution in [-0.4, -0.2) is 44.2 Å². The summed E-state index contributed by atoms with van der Waals surface area (Å²) in [5.74, 6) is 0.636. The van der Waals surface area contributed by atoms with Crippen LogP contribution in [0.5, 0.6) is 0 Å². The van der Waals surface area contributed by atoms with E-state index in [0.717, 1.165) is 31.1 Å². The molecule has 0 radical (unpaired) electrons. The number of aliphatic imine (C=N–C) groups is 1. The van der Waals surface area contributed by atoms with Gasteiger partial charge in [-0.25, -0.2) is 4.39 Å². The Balaban J connectivity index is 0.00000288. The summed E-state index contributed by atoms with van der Waals surface area (Å²) in [5.41, 5.74) is 1.06. The van der Waals surface area contributed by atoms with Gasteiger partial charge >= 0.3 is 0 Å². The van der Waals surface area contributed by atoms with Gasteiger partial charge in [-0.15, -0.1) is 24.0 Å². The first kappa shape index (κ1) is 21.2. The van der Waals surface area contributed by atoms with Gasteiger partial charge in [0, 0.05) is 33.8 Å². The van der Waals surface area contributed by atoms with E-state index in [1.807, 2.05) is 11.9 Å². The molecule has 0 spiro atoms. The van der Waals surface area contributed by atoms with Gasteiger partial charge in [0.2, 0.25) is 0 Å². The molecule has 24 heavy (non-hydrogen) atoms. The minimum Gasteiger partial charge on any atom is -0.378 e. The molecule has 1 aliphatic carbocycles. The van der Waals surface area contributed by atoms with Crippen LogP contribution in [0.25, 0.3) is 0 Å². The summed E-state index contributed by atoms with van der Waals surface area (Å²) >= 11 is 0. The van der Waals surface area contributed by atoms with Crippen molar-refractivity contribution in [2.45, 2.75) is 44.8 Å². The molecule has 0 aromatic heterocycles. The first-order valence-electron chi connectivity index (χ1n) is 8.47. The largest absolute Gasteiger partial charge is 0.378 e. The lowest BCUT2D eigenvalue weighted by atomic mass is 10.2. The second-order valence-electron chi connectivity index (χ2n) is 6.09. The third-order valence-electron chi connectivity index (χ3n) is 4.17. The SMILES string of the molecule is CN=C(NCCCOC1CCCC1)N(C)Cc1ccc(F)cc1.I. The van der Waals surface area contributed by atoms with E-state index in [1.165, 1.54) is 37.8 Å². The van der Waals surface area contributed by atoms with Gasteiger partial charge in [0.25, 0.3) is 0 Å². The van der Waals surface area contributed by atoms with Crippen LogP contribution in [0.2, 0.25) is 0 Å². The van der Waals surface area contributed by atoms with Crippen LogP contribution in [0.15, 0.2) is 29.3 Å². The third-order valence-corrected chi connectivity index (χ3v) is 4.17. The topological polar surface area (TPSA) is 36.9 Å². The molecule has 2 rings (SSSR count). The minimum atomic E-state index is -0.207. The highest BCUT2D eigenvalue weighted by atomic mass is 127. The van der Waals surface area contributed by atoms with Crippen molar-refractivity contribution in [1.29, 1.82) is 0 Å². The summed E-state index contributed by atoms with van der Waals surface area (Å²) in [4.78, 5) is 6.33. The van der Waals surface area contributed by atoms with Crippen LogP contribution in [-0.2, 0) is 11.3 Å². The third kappa shape index (κ3) is 7.34. The van der Waals surface area contributed by atoms with Crippen LogP contribution in [0.3, 0.4) is 0 Å². The number of nitrogens with zero attached hydrogens (tertiary/aromatic N) is 2. The number of benzene rings is 1. The molecule has 0 heterocycles. The molecule has 1 aromatic carbocycles. The molecule has 1 saturated carbocycles. The van der Waals surface area contributed by atoms with Crippen molar-refractivity contribution >= 4 is 29.9 Å². The van der Waals surface area contributed by atoms with E-state index in [2.05, 4.69) is 10.3 Å². The molecule has 1 aromatic rings. The summed E-state index contributed by atoms with van der Waals surface area (Å²) < 4.78 is 18.8. The molecule has 4 nitrogen and oxygen atoms in total. The molecule has 1 fully saturated rings. The molecular formula is C18H29FIN3O. The van der Waals surface area contributed by atoms with Gasteiger partial charge in [0.1, 0.15) is 5.82 Å². The first-order chi connectivity index (χ1) is 11.2. The average Bonchev–Trinajstić information content (AvgIpc) is 3.06. The van der Waals surface area contributed by atoms with Crippen LogP contribution >= 0.6 is 24.0 Å². The van der Waals surface area contributed by atoms with Crippen molar-refractivity contribution in [3.63, 3.8) is 0 Å². The Bertz CT molecular complexity index is 490. The lowest BCUT2D eigenvalue weighted by Gasteiger charge is -2.22. The Labute approximate surface area is 161 Å². The first-order valence-corrected chi connectivity index (χ1v) is 8.47. The maximum Gasteiger partial charge on any atom is 0.193 e. The number of guanidine groups is 1. The van der Waals surface area contributed by atoms with Crippen molar-refractivity contribution in [3.8, 4) is 0 Å². The van der Waals surface area contributed by atoms with E-state index < -0.39 is 0 Å². The quantitative estimate of drug-likeness (QED) is 0.298. The fraction of sp³-hybridized carbons (Fsp3) is 0.611. The number of hydrogen-bond acceptors (Lipinski definition) is 2. The second kappa shape index (κ2) is 11.6. The fourth-order valence-corrected chi connectivity index (χ4v) is 2.90. The zero-order chi connectivity index (χ0) is 16.5. The van der Waals surface area contributed by atoms with Gasteiger partial charge in [-0.1, -0.05) is 25.0 Å². The highest BCUT2D eigenvalue weighted by molar-refractivity contribution is 14.0. The highest BCUT2D eigenvalue weighted by Gasteiger charge is 2.14. The Morgan fingerprint density at radius 2 is 1.96 bits per heavy atom. The van der Waals surface area contributed by atoms with Gasteiger partial charge in [-0.05, 0) is 37.0 Å². The fourth-order valence-electron chi connectivity index (χ4n) is 2.90. The molecule has 0 amide bonds. The van der Waals surface area contributed by atoms with Crippen LogP contribution in [0.4, 0.5) is 4.39 Å². The average molecular weight is 449 g/mol. The number of halogens is 2. The van der Waals surface area contributed by atoms with Gasteiger partial charge in [-0.3, -0.25) is 4.99 Å². The number of rotatable bonds is 7. The van der Waals surface area contributed by atoms with Crippen molar-refractivity contribution in [2.24, 2.45) is 4.99 Å². The van der Waals surface area contributed by atoms with Gasteiger partial charge in [-0.2, -0.15) is 0 Å². The Morgan fingerprint density at radius 3 is 2.58 bits per heavy atom. The number of ether oxygens (including phenoxy) is 1. The maximum atomic E-state index is 12.9. The van der Waals surface area contributed by atoms with E-state index in [0.29, 0.717) is 12.6 Å². The number of nitrogens with one attached hydrogen (secondary N) is 1. The molecule has 6 heteroatoms. The zero-order valence-corrected chi connectivity index (χ0v) is 17.0. The second-order valence-corrected chi connectivity index (χ2v) is 6.09. The molecule has 0 atom stereocenters.